The largest absolute Gasteiger partial charge is 0.494 e. The van der Waals surface area contributed by atoms with Crippen LogP contribution in [-0.4, -0.2) is 36.0 Å². The summed E-state index contributed by atoms with van der Waals surface area (Å²) in [6.07, 6.45) is 1.48. The van der Waals surface area contributed by atoms with Gasteiger partial charge >= 0.3 is 19.1 Å². The Kier molecular flexibility index (Phi) is 5.30. The Morgan fingerprint density at radius 2 is 1.31 bits per heavy atom. The third kappa shape index (κ3) is 4.23. The molecule has 0 N–H and O–H groups in total. The van der Waals surface area contributed by atoms with E-state index in [1.165, 1.54) is 19.9 Å². The number of carbonyl (C=O) groups is 2. The van der Waals surface area contributed by atoms with Gasteiger partial charge in [0, 0.05) is 13.8 Å². The van der Waals surface area contributed by atoms with E-state index in [4.69, 9.17) is 18.8 Å². The topological polar surface area (TPSA) is 71.1 Å². The lowest BCUT2D eigenvalue weighted by molar-refractivity contribution is -0.222. The van der Waals surface area contributed by atoms with Crippen LogP contribution < -0.4 is 5.46 Å². The van der Waals surface area contributed by atoms with Crippen molar-refractivity contribution in [2.24, 2.45) is 0 Å². The number of hydrogen-bond acceptors (Lipinski definition) is 6. The SMILES string of the molecule is CC1(C)OC(=O)C(=Cc2ccc(-c3cccc(B4OC(C)(C)C(C)(C)O4)c3)cc2)C(=O)O1. The van der Waals surface area contributed by atoms with E-state index in [1.807, 2.05) is 76.2 Å². The van der Waals surface area contributed by atoms with Gasteiger partial charge in [-0.2, -0.15) is 0 Å². The minimum Gasteiger partial charge on any atom is -0.419 e. The molecule has 2 saturated heterocycles. The Balaban J connectivity index is 1.55. The minimum absolute atomic E-state index is 0.125. The van der Waals surface area contributed by atoms with E-state index >= 15 is 0 Å². The van der Waals surface area contributed by atoms with Crippen LogP contribution in [0.3, 0.4) is 0 Å². The summed E-state index contributed by atoms with van der Waals surface area (Å²) >= 11 is 0. The van der Waals surface area contributed by atoms with Crippen LogP contribution in [0.25, 0.3) is 17.2 Å². The molecule has 2 aromatic rings. The summed E-state index contributed by atoms with van der Waals surface area (Å²) in [6.45, 7) is 11.2. The fraction of sp³-hybridized carbons (Fsp3) is 0.360. The highest BCUT2D eigenvalue weighted by atomic mass is 16.7. The first kappa shape index (κ1) is 22.3. The average molecular weight is 434 g/mol. The maximum atomic E-state index is 12.2. The summed E-state index contributed by atoms with van der Waals surface area (Å²) in [5.41, 5.74) is 2.70. The third-order valence-electron chi connectivity index (χ3n) is 6.08. The van der Waals surface area contributed by atoms with E-state index in [0.29, 0.717) is 5.56 Å². The van der Waals surface area contributed by atoms with Crippen LogP contribution >= 0.6 is 0 Å². The summed E-state index contributed by atoms with van der Waals surface area (Å²) in [6, 6.07) is 15.6. The lowest BCUT2D eigenvalue weighted by Gasteiger charge is -2.32. The van der Waals surface area contributed by atoms with Gasteiger partial charge in [0.25, 0.3) is 5.79 Å². The first-order valence-electron chi connectivity index (χ1n) is 10.6. The Bertz CT molecular complexity index is 1060. The van der Waals surface area contributed by atoms with Gasteiger partial charge in [-0.25, -0.2) is 9.59 Å². The third-order valence-corrected chi connectivity index (χ3v) is 6.08. The van der Waals surface area contributed by atoms with Crippen molar-refractivity contribution in [3.63, 3.8) is 0 Å². The maximum absolute atomic E-state index is 12.2. The van der Waals surface area contributed by atoms with Crippen molar-refractivity contribution < 1.29 is 28.4 Å². The first-order valence-corrected chi connectivity index (χ1v) is 10.6. The van der Waals surface area contributed by atoms with Crippen LogP contribution in [0, 0.1) is 0 Å². The second-order valence-corrected chi connectivity index (χ2v) is 9.57. The molecule has 0 spiro atoms. The van der Waals surface area contributed by atoms with Crippen LogP contribution in [0.15, 0.2) is 54.1 Å². The van der Waals surface area contributed by atoms with Crippen molar-refractivity contribution in [3.8, 4) is 11.1 Å². The molecule has 0 atom stereocenters. The van der Waals surface area contributed by atoms with E-state index < -0.39 is 36.0 Å². The summed E-state index contributed by atoms with van der Waals surface area (Å²) in [5.74, 6) is -2.63. The molecule has 2 aliphatic heterocycles. The molecule has 0 amide bonds. The van der Waals surface area contributed by atoms with Gasteiger partial charge in [0.2, 0.25) is 0 Å². The van der Waals surface area contributed by atoms with Gasteiger partial charge in [0.15, 0.2) is 0 Å². The van der Waals surface area contributed by atoms with Gasteiger partial charge in [-0.05, 0) is 55.9 Å². The predicted octanol–water partition coefficient (Wildman–Crippen LogP) is 3.87. The molecule has 4 rings (SSSR count). The zero-order chi connectivity index (χ0) is 23.3. The molecule has 0 unspecified atom stereocenters. The van der Waals surface area contributed by atoms with E-state index in [9.17, 15) is 9.59 Å². The summed E-state index contributed by atoms with van der Waals surface area (Å²) < 4.78 is 22.6. The number of esters is 2. The Labute approximate surface area is 188 Å². The number of hydrogen-bond donors (Lipinski definition) is 0. The van der Waals surface area contributed by atoms with Gasteiger partial charge in [-0.1, -0.05) is 48.5 Å². The van der Waals surface area contributed by atoms with Crippen LogP contribution in [0.5, 0.6) is 0 Å². The van der Waals surface area contributed by atoms with Crippen molar-refractivity contribution in [1.29, 1.82) is 0 Å². The van der Waals surface area contributed by atoms with E-state index in [2.05, 4.69) is 0 Å². The molecule has 2 aliphatic rings. The number of benzene rings is 2. The van der Waals surface area contributed by atoms with Gasteiger partial charge in [-0.3, -0.25) is 0 Å². The lowest BCUT2D eigenvalue weighted by atomic mass is 9.78. The fourth-order valence-corrected chi connectivity index (χ4v) is 3.56. The minimum atomic E-state index is -1.25. The summed E-state index contributed by atoms with van der Waals surface area (Å²) in [5, 5.41) is 0. The number of rotatable bonds is 3. The molecule has 0 aliphatic carbocycles. The fourth-order valence-electron chi connectivity index (χ4n) is 3.56. The van der Waals surface area contributed by atoms with Crippen molar-refractivity contribution in [3.05, 3.63) is 59.7 Å². The molecule has 2 fully saturated rings. The predicted molar refractivity (Wildman–Crippen MR) is 122 cm³/mol. The Hall–Kier alpha value is -2.90. The molecular weight excluding hydrogens is 407 g/mol. The molecule has 2 aromatic carbocycles. The Morgan fingerprint density at radius 3 is 1.88 bits per heavy atom. The number of carbonyl (C=O) groups excluding carboxylic acids is 2. The van der Waals surface area contributed by atoms with Crippen molar-refractivity contribution >= 4 is 30.6 Å². The van der Waals surface area contributed by atoms with Gasteiger partial charge in [-0.15, -0.1) is 0 Å². The maximum Gasteiger partial charge on any atom is 0.494 e. The highest BCUT2D eigenvalue weighted by Crippen LogP contribution is 2.36. The molecule has 6 nitrogen and oxygen atoms in total. The quantitative estimate of drug-likeness (QED) is 0.316. The van der Waals surface area contributed by atoms with Crippen LogP contribution in [0.1, 0.15) is 47.1 Å². The summed E-state index contributed by atoms with van der Waals surface area (Å²) in [4.78, 5) is 24.3. The first-order chi connectivity index (χ1) is 14.9. The normalized spacial score (nSPS) is 21.2. The summed E-state index contributed by atoms with van der Waals surface area (Å²) in [7, 11) is -0.434. The second-order valence-electron chi connectivity index (χ2n) is 9.57. The van der Waals surface area contributed by atoms with E-state index in [1.54, 1.807) is 0 Å². The zero-order valence-corrected chi connectivity index (χ0v) is 19.2. The molecule has 32 heavy (non-hydrogen) atoms. The number of ether oxygens (including phenoxy) is 2. The molecule has 0 saturated carbocycles. The standard InChI is InChI=1S/C25H27BO6/c1-23(2)24(3,4)32-26(31-23)19-9-7-8-18(15-19)17-12-10-16(11-13-17)14-20-21(27)29-25(5,6)30-22(20)28/h7-15H,1-6H3. The number of cyclic esters (lactones) is 2. The Morgan fingerprint density at radius 1 is 0.750 bits per heavy atom. The van der Waals surface area contributed by atoms with E-state index in [-0.39, 0.29) is 5.57 Å². The van der Waals surface area contributed by atoms with Crippen molar-refractivity contribution in [1.82, 2.24) is 0 Å². The van der Waals surface area contributed by atoms with Gasteiger partial charge in [0.05, 0.1) is 11.2 Å². The molecule has 7 heteroatoms. The zero-order valence-electron chi connectivity index (χ0n) is 19.2. The second kappa shape index (κ2) is 7.61. The lowest BCUT2D eigenvalue weighted by Crippen LogP contribution is -2.41. The van der Waals surface area contributed by atoms with Crippen molar-refractivity contribution in [2.45, 2.75) is 58.5 Å². The smallest absolute Gasteiger partial charge is 0.419 e. The molecule has 0 aromatic heterocycles. The molecule has 2 heterocycles. The highest BCUT2D eigenvalue weighted by molar-refractivity contribution is 6.62. The van der Waals surface area contributed by atoms with Gasteiger partial charge in [0.1, 0.15) is 5.57 Å². The van der Waals surface area contributed by atoms with Crippen LogP contribution in [-0.2, 0) is 28.4 Å². The van der Waals surface area contributed by atoms with E-state index in [0.717, 1.165) is 16.6 Å². The molecular formula is C25H27BO6. The average Bonchev–Trinajstić information content (AvgIpc) is 2.92. The molecule has 0 radical (unpaired) electrons. The molecule has 166 valence electrons. The monoisotopic (exact) mass is 434 g/mol. The van der Waals surface area contributed by atoms with Crippen molar-refractivity contribution in [2.75, 3.05) is 0 Å². The van der Waals surface area contributed by atoms with Crippen LogP contribution in [0.4, 0.5) is 0 Å². The van der Waals surface area contributed by atoms with Gasteiger partial charge < -0.3 is 18.8 Å². The van der Waals surface area contributed by atoms with Crippen LogP contribution in [0.2, 0.25) is 0 Å². The molecule has 0 bridgehead atoms. The highest BCUT2D eigenvalue weighted by Gasteiger charge is 2.51.